The van der Waals surface area contributed by atoms with Gasteiger partial charge in [-0.1, -0.05) is 213 Å². The quantitative estimate of drug-likeness (QED) is 0.147. The third-order valence-electron chi connectivity index (χ3n) is 11.6. The first-order chi connectivity index (χ1) is 29.7. The van der Waals surface area contributed by atoms with Crippen LogP contribution in [0.15, 0.2) is 217 Å². The van der Waals surface area contributed by atoms with Crippen LogP contribution in [-0.4, -0.2) is 20.7 Å². The zero-order valence-corrected chi connectivity index (χ0v) is 33.4. The third kappa shape index (κ3) is 7.25. The number of nitrogens with zero attached hydrogens (tertiary/aromatic N) is 4. The van der Waals surface area contributed by atoms with Gasteiger partial charge < -0.3 is 0 Å². The number of rotatable bonds is 9. The molecule has 2 heterocycles. The fourth-order valence-corrected chi connectivity index (χ4v) is 8.57. The second-order valence-electron chi connectivity index (χ2n) is 15.3. The highest BCUT2D eigenvalue weighted by Gasteiger charge is 2.30. The number of aliphatic imine (C=N–C) groups is 1. The van der Waals surface area contributed by atoms with E-state index in [9.17, 15) is 0 Å². The predicted octanol–water partition coefficient (Wildman–Crippen LogP) is 14.0. The standard InChI is InChI=1S/C56H42N4/c1-2-47-50(38-17-7-3-8-18-38)37-51(41-20-9-4-10-21-41)57-53(47)43-31-27-40(28-32-43)49-36-35-39-19-15-16-26-48(39)52(49)42-29-33-46(34-30-42)56-59-54(44-22-11-5-12-23-44)58-55(60-56)45-24-13-6-14-25-45/h3-37,47,50H,2H2,1H3. The molecule has 0 bridgehead atoms. The normalized spacial score (nSPS) is 15.0. The van der Waals surface area contributed by atoms with Gasteiger partial charge in [0.05, 0.1) is 11.4 Å². The molecule has 0 aliphatic carbocycles. The van der Waals surface area contributed by atoms with Gasteiger partial charge in [0.1, 0.15) is 0 Å². The van der Waals surface area contributed by atoms with Crippen molar-refractivity contribution in [3.8, 4) is 56.4 Å². The number of hydrogen-bond acceptors (Lipinski definition) is 4. The minimum atomic E-state index is 0.223. The molecule has 9 aromatic rings. The monoisotopic (exact) mass is 770 g/mol. The van der Waals surface area contributed by atoms with Crippen molar-refractivity contribution in [3.05, 3.63) is 229 Å². The summed E-state index contributed by atoms with van der Waals surface area (Å²) in [5.74, 6) is 2.41. The Hall–Kier alpha value is -7.56. The Balaban J connectivity index is 1.04. The van der Waals surface area contributed by atoms with Crippen molar-refractivity contribution in [2.24, 2.45) is 10.9 Å². The molecule has 4 nitrogen and oxygen atoms in total. The first-order valence-corrected chi connectivity index (χ1v) is 20.7. The number of allylic oxidation sites excluding steroid dienone is 1. The van der Waals surface area contributed by atoms with Crippen molar-refractivity contribution < 1.29 is 0 Å². The molecule has 1 aliphatic rings. The summed E-state index contributed by atoms with van der Waals surface area (Å²) in [6.45, 7) is 2.28. The molecule has 0 spiro atoms. The molecule has 2 unspecified atom stereocenters. The summed E-state index contributed by atoms with van der Waals surface area (Å²) < 4.78 is 0. The molecule has 2 atom stereocenters. The van der Waals surface area contributed by atoms with Crippen LogP contribution in [0.4, 0.5) is 0 Å². The third-order valence-corrected chi connectivity index (χ3v) is 11.6. The molecule has 8 aromatic carbocycles. The van der Waals surface area contributed by atoms with E-state index in [1.54, 1.807) is 0 Å². The van der Waals surface area contributed by atoms with E-state index < -0.39 is 0 Å². The summed E-state index contributed by atoms with van der Waals surface area (Å²) >= 11 is 0. The molecule has 0 saturated carbocycles. The summed E-state index contributed by atoms with van der Waals surface area (Å²) in [5, 5.41) is 2.40. The van der Waals surface area contributed by atoms with Gasteiger partial charge in [0.2, 0.25) is 0 Å². The lowest BCUT2D eigenvalue weighted by Crippen LogP contribution is -2.25. The molecule has 1 aliphatic heterocycles. The molecule has 286 valence electrons. The summed E-state index contributed by atoms with van der Waals surface area (Å²) in [4.78, 5) is 20.3. The second-order valence-corrected chi connectivity index (χ2v) is 15.3. The Morgan fingerprint density at radius 3 is 1.45 bits per heavy atom. The van der Waals surface area contributed by atoms with E-state index in [0.717, 1.165) is 56.8 Å². The van der Waals surface area contributed by atoms with Crippen molar-refractivity contribution in [1.82, 2.24) is 15.0 Å². The van der Waals surface area contributed by atoms with E-state index in [4.69, 9.17) is 19.9 Å². The minimum absolute atomic E-state index is 0.223. The summed E-state index contributed by atoms with van der Waals surface area (Å²) in [5.41, 5.74) is 13.3. The van der Waals surface area contributed by atoms with Crippen LogP contribution >= 0.6 is 0 Å². The lowest BCUT2D eigenvalue weighted by molar-refractivity contribution is 0.593. The van der Waals surface area contributed by atoms with Crippen molar-refractivity contribution >= 4 is 22.2 Å². The zero-order chi connectivity index (χ0) is 40.3. The van der Waals surface area contributed by atoms with Gasteiger partial charge in [-0.25, -0.2) is 15.0 Å². The van der Waals surface area contributed by atoms with Crippen LogP contribution in [0.2, 0.25) is 0 Å². The van der Waals surface area contributed by atoms with Gasteiger partial charge in [0.15, 0.2) is 17.5 Å². The highest BCUT2D eigenvalue weighted by atomic mass is 15.0. The van der Waals surface area contributed by atoms with Gasteiger partial charge >= 0.3 is 0 Å². The zero-order valence-electron chi connectivity index (χ0n) is 33.4. The predicted molar refractivity (Wildman–Crippen MR) is 248 cm³/mol. The van der Waals surface area contributed by atoms with Crippen molar-refractivity contribution in [1.29, 1.82) is 0 Å². The smallest absolute Gasteiger partial charge is 0.164 e. The lowest BCUT2D eigenvalue weighted by Gasteiger charge is -2.31. The maximum atomic E-state index is 5.40. The minimum Gasteiger partial charge on any atom is -0.252 e. The molecule has 1 aromatic heterocycles. The molecule has 0 amide bonds. The molecule has 60 heavy (non-hydrogen) atoms. The fraction of sp³-hybridized carbons (Fsp3) is 0.0714. The molecular formula is C56H42N4. The first kappa shape index (κ1) is 36.8. The average Bonchev–Trinajstić information content (AvgIpc) is 3.34. The van der Waals surface area contributed by atoms with Crippen LogP contribution in [0.25, 0.3) is 72.9 Å². The number of fused-ring (bicyclic) bond motifs is 1. The van der Waals surface area contributed by atoms with Crippen LogP contribution in [-0.2, 0) is 0 Å². The van der Waals surface area contributed by atoms with Crippen LogP contribution in [0.5, 0.6) is 0 Å². The summed E-state index contributed by atoms with van der Waals surface area (Å²) in [6, 6.07) is 72.5. The maximum Gasteiger partial charge on any atom is 0.164 e. The van der Waals surface area contributed by atoms with Gasteiger partial charge in [0, 0.05) is 28.5 Å². The molecule has 0 radical (unpaired) electrons. The summed E-state index contributed by atoms with van der Waals surface area (Å²) in [6.07, 6.45) is 3.35. The van der Waals surface area contributed by atoms with Gasteiger partial charge in [-0.2, -0.15) is 0 Å². The lowest BCUT2D eigenvalue weighted by atomic mass is 9.76. The van der Waals surface area contributed by atoms with E-state index in [2.05, 4.69) is 159 Å². The highest BCUT2D eigenvalue weighted by molar-refractivity contribution is 6.08. The van der Waals surface area contributed by atoms with Crippen LogP contribution in [0.1, 0.15) is 36.0 Å². The van der Waals surface area contributed by atoms with E-state index in [1.807, 2.05) is 60.7 Å². The molecular weight excluding hydrogens is 729 g/mol. The van der Waals surface area contributed by atoms with Crippen LogP contribution in [0.3, 0.4) is 0 Å². The Labute approximate surface area is 351 Å². The van der Waals surface area contributed by atoms with Crippen LogP contribution < -0.4 is 0 Å². The highest BCUT2D eigenvalue weighted by Crippen LogP contribution is 2.42. The Kier molecular flexibility index (Phi) is 10.0. The van der Waals surface area contributed by atoms with E-state index >= 15 is 0 Å². The van der Waals surface area contributed by atoms with Gasteiger partial charge in [-0.05, 0) is 62.2 Å². The van der Waals surface area contributed by atoms with Crippen molar-refractivity contribution in [2.45, 2.75) is 19.3 Å². The second kappa shape index (κ2) is 16.4. The molecule has 0 saturated heterocycles. The first-order valence-electron chi connectivity index (χ1n) is 20.7. The van der Waals surface area contributed by atoms with Crippen molar-refractivity contribution in [2.75, 3.05) is 0 Å². The van der Waals surface area contributed by atoms with Crippen LogP contribution in [0, 0.1) is 5.92 Å². The molecule has 0 fully saturated rings. The fourth-order valence-electron chi connectivity index (χ4n) is 8.57. The van der Waals surface area contributed by atoms with E-state index in [-0.39, 0.29) is 11.8 Å². The van der Waals surface area contributed by atoms with Gasteiger partial charge in [-0.15, -0.1) is 0 Å². The number of hydrogen-bond donors (Lipinski definition) is 0. The van der Waals surface area contributed by atoms with E-state index in [1.165, 1.54) is 27.5 Å². The topological polar surface area (TPSA) is 51.0 Å². The Morgan fingerprint density at radius 2 is 0.867 bits per heavy atom. The summed E-state index contributed by atoms with van der Waals surface area (Å²) in [7, 11) is 0. The largest absolute Gasteiger partial charge is 0.252 e. The van der Waals surface area contributed by atoms with Gasteiger partial charge in [0.25, 0.3) is 0 Å². The number of aromatic nitrogens is 3. The molecule has 10 rings (SSSR count). The molecule has 0 N–H and O–H groups in total. The maximum absolute atomic E-state index is 5.40. The Bertz CT molecular complexity index is 2920. The average molecular weight is 771 g/mol. The van der Waals surface area contributed by atoms with Gasteiger partial charge in [-0.3, -0.25) is 4.99 Å². The van der Waals surface area contributed by atoms with Crippen molar-refractivity contribution in [3.63, 3.8) is 0 Å². The Morgan fingerprint density at radius 1 is 0.400 bits per heavy atom. The molecule has 4 heteroatoms. The SMILES string of the molecule is CCC1C(c2ccc(-c3ccc4ccccc4c3-c3ccc(-c4nc(-c5ccccc5)nc(-c5ccccc5)n4)cc3)cc2)=NC(c2ccccc2)=CC1c1ccccc1. The van der Waals surface area contributed by atoms with E-state index in [0.29, 0.717) is 17.5 Å². The number of benzene rings is 8.